The number of rotatable bonds is 3. The second kappa shape index (κ2) is 3.58. The van der Waals surface area contributed by atoms with E-state index in [9.17, 15) is 0 Å². The maximum atomic E-state index is 5.92. The van der Waals surface area contributed by atoms with Crippen LogP contribution in [0.25, 0.3) is 0 Å². The van der Waals surface area contributed by atoms with Crippen molar-refractivity contribution >= 4 is 0 Å². The van der Waals surface area contributed by atoms with Crippen LogP contribution < -0.4 is 5.73 Å². The fraction of sp³-hybridized carbons (Fsp3) is 1.00. The molecular weight excluding hydrogens is 160 g/mol. The summed E-state index contributed by atoms with van der Waals surface area (Å²) in [7, 11) is 0. The fourth-order valence-electron chi connectivity index (χ4n) is 3.08. The van der Waals surface area contributed by atoms with Gasteiger partial charge in [0.25, 0.3) is 0 Å². The molecule has 2 heteroatoms. The number of hydrogen-bond acceptors (Lipinski definition) is 2. The molecule has 0 aromatic rings. The number of hydrogen-bond donors (Lipinski definition) is 1. The highest BCUT2D eigenvalue weighted by Crippen LogP contribution is 2.41. The first-order valence-corrected chi connectivity index (χ1v) is 5.79. The van der Waals surface area contributed by atoms with E-state index in [0.717, 1.165) is 12.6 Å². The van der Waals surface area contributed by atoms with E-state index in [2.05, 4.69) is 11.8 Å². The first kappa shape index (κ1) is 9.47. The SMILES string of the molecule is CCC1CCCN1C1(CN)CCC1. The van der Waals surface area contributed by atoms with Crippen LogP contribution in [0.3, 0.4) is 0 Å². The Morgan fingerprint density at radius 1 is 1.38 bits per heavy atom. The molecular formula is C11H22N2. The zero-order chi connectivity index (χ0) is 9.31. The van der Waals surface area contributed by atoms with Crippen molar-refractivity contribution in [3.63, 3.8) is 0 Å². The monoisotopic (exact) mass is 182 g/mol. The summed E-state index contributed by atoms with van der Waals surface area (Å²) in [5, 5.41) is 0. The van der Waals surface area contributed by atoms with Gasteiger partial charge >= 0.3 is 0 Å². The average molecular weight is 182 g/mol. The normalized spacial score (nSPS) is 33.2. The third-order valence-electron chi connectivity index (χ3n) is 4.12. The molecule has 2 rings (SSSR count). The van der Waals surface area contributed by atoms with E-state index in [-0.39, 0.29) is 0 Å². The van der Waals surface area contributed by atoms with Gasteiger partial charge in [0.2, 0.25) is 0 Å². The van der Waals surface area contributed by atoms with E-state index >= 15 is 0 Å². The lowest BCUT2D eigenvalue weighted by atomic mass is 9.75. The minimum atomic E-state index is 0.428. The van der Waals surface area contributed by atoms with Crippen LogP contribution >= 0.6 is 0 Å². The second-order valence-corrected chi connectivity index (χ2v) is 4.68. The molecule has 1 atom stereocenters. The Hall–Kier alpha value is -0.0800. The van der Waals surface area contributed by atoms with Gasteiger partial charge in [-0.25, -0.2) is 0 Å². The van der Waals surface area contributed by atoms with Crippen LogP contribution in [0.15, 0.2) is 0 Å². The third kappa shape index (κ3) is 1.40. The zero-order valence-electron chi connectivity index (χ0n) is 8.76. The molecule has 0 radical (unpaired) electrons. The molecule has 2 aliphatic rings. The summed E-state index contributed by atoms with van der Waals surface area (Å²) < 4.78 is 0. The molecule has 1 aliphatic heterocycles. The molecule has 2 fully saturated rings. The van der Waals surface area contributed by atoms with Crippen LogP contribution in [0.4, 0.5) is 0 Å². The van der Waals surface area contributed by atoms with Gasteiger partial charge in [-0.1, -0.05) is 6.92 Å². The van der Waals surface area contributed by atoms with Crippen LogP contribution in [-0.2, 0) is 0 Å². The Bertz CT molecular complexity index is 169. The van der Waals surface area contributed by atoms with Crippen molar-refractivity contribution in [3.05, 3.63) is 0 Å². The van der Waals surface area contributed by atoms with E-state index in [1.807, 2.05) is 0 Å². The van der Waals surface area contributed by atoms with Crippen LogP contribution in [0.5, 0.6) is 0 Å². The highest BCUT2D eigenvalue weighted by Gasteiger charge is 2.45. The molecule has 1 saturated heterocycles. The van der Waals surface area contributed by atoms with Gasteiger partial charge in [-0.15, -0.1) is 0 Å². The zero-order valence-corrected chi connectivity index (χ0v) is 8.76. The molecule has 0 aromatic carbocycles. The number of nitrogens with zero attached hydrogens (tertiary/aromatic N) is 1. The summed E-state index contributed by atoms with van der Waals surface area (Å²) in [6.45, 7) is 4.49. The van der Waals surface area contributed by atoms with Gasteiger partial charge in [-0.2, -0.15) is 0 Å². The summed E-state index contributed by atoms with van der Waals surface area (Å²) >= 11 is 0. The summed E-state index contributed by atoms with van der Waals surface area (Å²) in [5.74, 6) is 0. The van der Waals surface area contributed by atoms with Gasteiger partial charge in [0, 0.05) is 18.1 Å². The summed E-state index contributed by atoms with van der Waals surface area (Å²) in [6, 6.07) is 0.837. The predicted molar refractivity (Wildman–Crippen MR) is 55.7 cm³/mol. The quantitative estimate of drug-likeness (QED) is 0.720. The van der Waals surface area contributed by atoms with Gasteiger partial charge < -0.3 is 5.73 Å². The van der Waals surface area contributed by atoms with Crippen LogP contribution in [-0.4, -0.2) is 29.6 Å². The predicted octanol–water partition coefficient (Wildman–Crippen LogP) is 1.74. The van der Waals surface area contributed by atoms with Crippen molar-refractivity contribution in [3.8, 4) is 0 Å². The first-order chi connectivity index (χ1) is 6.32. The molecule has 1 heterocycles. The van der Waals surface area contributed by atoms with Crippen molar-refractivity contribution in [2.75, 3.05) is 13.1 Å². The van der Waals surface area contributed by atoms with Gasteiger partial charge in [0.15, 0.2) is 0 Å². The second-order valence-electron chi connectivity index (χ2n) is 4.68. The largest absolute Gasteiger partial charge is 0.329 e. The Labute approximate surface area is 81.5 Å². The van der Waals surface area contributed by atoms with Gasteiger partial charge in [-0.3, -0.25) is 4.90 Å². The molecule has 0 aromatic heterocycles. The Morgan fingerprint density at radius 2 is 2.15 bits per heavy atom. The molecule has 0 bridgehead atoms. The number of nitrogens with two attached hydrogens (primary N) is 1. The van der Waals surface area contributed by atoms with Gasteiger partial charge in [0.05, 0.1) is 0 Å². The Balaban J connectivity index is 2.05. The molecule has 0 spiro atoms. The van der Waals surface area contributed by atoms with Crippen molar-refractivity contribution in [2.45, 2.75) is 57.0 Å². The average Bonchev–Trinajstić information content (AvgIpc) is 2.52. The van der Waals surface area contributed by atoms with E-state index in [4.69, 9.17) is 5.73 Å². The van der Waals surface area contributed by atoms with Crippen molar-refractivity contribution < 1.29 is 0 Å². The topological polar surface area (TPSA) is 29.3 Å². The van der Waals surface area contributed by atoms with Crippen molar-refractivity contribution in [1.82, 2.24) is 4.90 Å². The molecule has 1 aliphatic carbocycles. The standard InChI is InChI=1S/C11H22N2/c1-2-10-5-3-8-13(10)11(9-12)6-4-7-11/h10H,2-9,12H2,1H3. The van der Waals surface area contributed by atoms with E-state index in [1.54, 1.807) is 0 Å². The highest BCUT2D eigenvalue weighted by atomic mass is 15.3. The minimum Gasteiger partial charge on any atom is -0.329 e. The molecule has 2 N–H and O–H groups in total. The third-order valence-corrected chi connectivity index (χ3v) is 4.12. The maximum absolute atomic E-state index is 5.92. The highest BCUT2D eigenvalue weighted by molar-refractivity contribution is 5.02. The summed E-state index contributed by atoms with van der Waals surface area (Å²) in [4.78, 5) is 2.72. The molecule has 1 saturated carbocycles. The van der Waals surface area contributed by atoms with Crippen molar-refractivity contribution in [2.24, 2.45) is 5.73 Å². The lowest BCUT2D eigenvalue weighted by molar-refractivity contribution is 0.0120. The summed E-state index contributed by atoms with van der Waals surface area (Å²) in [5.41, 5.74) is 6.35. The Morgan fingerprint density at radius 3 is 2.62 bits per heavy atom. The Kier molecular flexibility index (Phi) is 2.61. The van der Waals surface area contributed by atoms with Crippen LogP contribution in [0.1, 0.15) is 45.4 Å². The van der Waals surface area contributed by atoms with Crippen molar-refractivity contribution in [1.29, 1.82) is 0 Å². The molecule has 76 valence electrons. The first-order valence-electron chi connectivity index (χ1n) is 5.79. The minimum absolute atomic E-state index is 0.428. The van der Waals surface area contributed by atoms with E-state index < -0.39 is 0 Å². The lowest BCUT2D eigenvalue weighted by Gasteiger charge is -2.50. The van der Waals surface area contributed by atoms with Crippen LogP contribution in [0, 0.1) is 0 Å². The molecule has 13 heavy (non-hydrogen) atoms. The van der Waals surface area contributed by atoms with Gasteiger partial charge in [-0.05, 0) is 45.1 Å². The van der Waals surface area contributed by atoms with Crippen LogP contribution in [0.2, 0.25) is 0 Å². The van der Waals surface area contributed by atoms with E-state index in [0.29, 0.717) is 5.54 Å². The lowest BCUT2D eigenvalue weighted by Crippen LogP contribution is -2.59. The maximum Gasteiger partial charge on any atom is 0.0334 e. The molecule has 0 amide bonds. The number of likely N-dealkylation sites (tertiary alicyclic amines) is 1. The molecule has 1 unspecified atom stereocenters. The van der Waals surface area contributed by atoms with E-state index in [1.165, 1.54) is 45.1 Å². The molecule has 2 nitrogen and oxygen atoms in total. The summed E-state index contributed by atoms with van der Waals surface area (Å²) in [6.07, 6.45) is 8.18. The fourth-order valence-corrected chi connectivity index (χ4v) is 3.08. The van der Waals surface area contributed by atoms with Gasteiger partial charge in [0.1, 0.15) is 0 Å². The smallest absolute Gasteiger partial charge is 0.0334 e.